The van der Waals surface area contributed by atoms with Gasteiger partial charge in [-0.2, -0.15) is 0 Å². The molecular formula is C16H26N2O. The molecule has 1 aliphatic heterocycles. The number of nitrogens with one attached hydrogen (secondary N) is 1. The molecule has 1 aromatic rings. The van der Waals surface area contributed by atoms with Gasteiger partial charge in [-0.1, -0.05) is 25.5 Å². The van der Waals surface area contributed by atoms with Gasteiger partial charge in [-0.3, -0.25) is 4.90 Å². The van der Waals surface area contributed by atoms with Gasteiger partial charge in [0, 0.05) is 18.6 Å². The SMILES string of the molecule is CCC(c1ccc(O)cc1)N(C)CC1CCCCN1. The van der Waals surface area contributed by atoms with Crippen LogP contribution in [0, 0.1) is 0 Å². The fourth-order valence-corrected chi connectivity index (χ4v) is 3.05. The van der Waals surface area contributed by atoms with E-state index in [1.807, 2.05) is 12.1 Å². The molecule has 1 aromatic carbocycles. The summed E-state index contributed by atoms with van der Waals surface area (Å²) in [6, 6.07) is 8.70. The van der Waals surface area contributed by atoms with Gasteiger partial charge < -0.3 is 10.4 Å². The van der Waals surface area contributed by atoms with Crippen LogP contribution < -0.4 is 5.32 Å². The van der Waals surface area contributed by atoms with Crippen LogP contribution >= 0.6 is 0 Å². The summed E-state index contributed by atoms with van der Waals surface area (Å²) in [6.07, 6.45) is 5.04. The van der Waals surface area contributed by atoms with Gasteiger partial charge >= 0.3 is 0 Å². The summed E-state index contributed by atoms with van der Waals surface area (Å²) in [7, 11) is 2.21. The normalized spacial score (nSPS) is 21.5. The summed E-state index contributed by atoms with van der Waals surface area (Å²) >= 11 is 0. The van der Waals surface area contributed by atoms with Crippen LogP contribution in [-0.4, -0.2) is 36.2 Å². The second-order valence-electron chi connectivity index (χ2n) is 5.60. The van der Waals surface area contributed by atoms with Gasteiger partial charge in [-0.25, -0.2) is 0 Å². The monoisotopic (exact) mass is 262 g/mol. The molecule has 106 valence electrons. The third kappa shape index (κ3) is 3.95. The average Bonchev–Trinajstić information content (AvgIpc) is 2.43. The predicted octanol–water partition coefficient (Wildman–Crippen LogP) is 2.92. The molecule has 1 saturated heterocycles. The van der Waals surface area contributed by atoms with Crippen LogP contribution in [0.1, 0.15) is 44.2 Å². The quantitative estimate of drug-likeness (QED) is 0.856. The van der Waals surface area contributed by atoms with Crippen LogP contribution in [0.2, 0.25) is 0 Å². The lowest BCUT2D eigenvalue weighted by atomic mass is 10.00. The molecule has 0 amide bonds. The first kappa shape index (κ1) is 14.4. The number of aromatic hydroxyl groups is 1. The summed E-state index contributed by atoms with van der Waals surface area (Å²) < 4.78 is 0. The van der Waals surface area contributed by atoms with E-state index in [0.29, 0.717) is 17.8 Å². The molecule has 19 heavy (non-hydrogen) atoms. The van der Waals surface area contributed by atoms with Crippen LogP contribution in [0.5, 0.6) is 5.75 Å². The summed E-state index contributed by atoms with van der Waals surface area (Å²) in [5, 5.41) is 13.0. The molecule has 0 spiro atoms. The lowest BCUT2D eigenvalue weighted by Gasteiger charge is -2.33. The zero-order valence-electron chi connectivity index (χ0n) is 12.1. The van der Waals surface area contributed by atoms with E-state index in [1.165, 1.54) is 24.8 Å². The molecule has 3 heteroatoms. The third-order valence-corrected chi connectivity index (χ3v) is 4.12. The van der Waals surface area contributed by atoms with E-state index >= 15 is 0 Å². The maximum Gasteiger partial charge on any atom is 0.115 e. The van der Waals surface area contributed by atoms with E-state index < -0.39 is 0 Å². The Labute approximate surface area is 116 Å². The molecule has 2 unspecified atom stereocenters. The first-order valence-corrected chi connectivity index (χ1v) is 7.43. The Kier molecular flexibility index (Phi) is 5.23. The zero-order chi connectivity index (χ0) is 13.7. The predicted molar refractivity (Wildman–Crippen MR) is 79.4 cm³/mol. The Bertz CT molecular complexity index is 371. The number of benzene rings is 1. The second-order valence-corrected chi connectivity index (χ2v) is 5.60. The molecule has 0 saturated carbocycles. The van der Waals surface area contributed by atoms with Crippen LogP contribution in [0.3, 0.4) is 0 Å². The highest BCUT2D eigenvalue weighted by Gasteiger charge is 2.20. The number of piperidine rings is 1. The topological polar surface area (TPSA) is 35.5 Å². The molecule has 1 fully saturated rings. The van der Waals surface area contributed by atoms with Gasteiger partial charge in [0.1, 0.15) is 5.75 Å². The second kappa shape index (κ2) is 6.92. The molecule has 0 bridgehead atoms. The Hall–Kier alpha value is -1.06. The maximum atomic E-state index is 9.39. The van der Waals surface area contributed by atoms with Crippen LogP contribution in [0.25, 0.3) is 0 Å². The molecule has 3 nitrogen and oxygen atoms in total. The van der Waals surface area contributed by atoms with Crippen molar-refractivity contribution in [2.45, 2.75) is 44.7 Å². The van der Waals surface area contributed by atoms with Crippen LogP contribution in [-0.2, 0) is 0 Å². The molecule has 0 aliphatic carbocycles. The molecule has 2 N–H and O–H groups in total. The van der Waals surface area contributed by atoms with E-state index in [2.05, 4.69) is 24.2 Å². The number of phenolic OH excluding ortho intramolecular Hbond substituents is 1. The number of rotatable bonds is 5. The minimum Gasteiger partial charge on any atom is -0.508 e. The maximum absolute atomic E-state index is 9.39. The number of likely N-dealkylation sites (N-methyl/N-ethyl adjacent to an activating group) is 1. The number of hydrogen-bond acceptors (Lipinski definition) is 3. The first-order valence-electron chi connectivity index (χ1n) is 7.43. The van der Waals surface area contributed by atoms with Crippen molar-refractivity contribution in [3.05, 3.63) is 29.8 Å². The highest BCUT2D eigenvalue weighted by Crippen LogP contribution is 2.25. The van der Waals surface area contributed by atoms with Gasteiger partial charge in [0.2, 0.25) is 0 Å². The summed E-state index contributed by atoms with van der Waals surface area (Å²) in [5.74, 6) is 0.343. The van der Waals surface area contributed by atoms with Crippen molar-refractivity contribution in [2.24, 2.45) is 0 Å². The smallest absolute Gasteiger partial charge is 0.115 e. The molecule has 1 heterocycles. The fourth-order valence-electron chi connectivity index (χ4n) is 3.05. The Morgan fingerprint density at radius 3 is 2.63 bits per heavy atom. The lowest BCUT2D eigenvalue weighted by molar-refractivity contribution is 0.199. The average molecular weight is 262 g/mol. The van der Waals surface area contributed by atoms with Crippen molar-refractivity contribution in [2.75, 3.05) is 20.1 Å². The van der Waals surface area contributed by atoms with Gasteiger partial charge in [0.05, 0.1) is 0 Å². The molecule has 0 radical (unpaired) electrons. The van der Waals surface area contributed by atoms with E-state index in [9.17, 15) is 5.11 Å². The molecule has 1 aliphatic rings. The number of nitrogens with zero attached hydrogens (tertiary/aromatic N) is 1. The Morgan fingerprint density at radius 2 is 2.05 bits per heavy atom. The zero-order valence-corrected chi connectivity index (χ0v) is 12.1. The van der Waals surface area contributed by atoms with Crippen molar-refractivity contribution in [3.8, 4) is 5.75 Å². The van der Waals surface area contributed by atoms with Gasteiger partial charge in [-0.15, -0.1) is 0 Å². The van der Waals surface area contributed by atoms with Gasteiger partial charge in [-0.05, 0) is 50.6 Å². The highest BCUT2D eigenvalue weighted by atomic mass is 16.3. The summed E-state index contributed by atoms with van der Waals surface area (Å²) in [6.45, 7) is 4.48. The van der Waals surface area contributed by atoms with E-state index in [0.717, 1.165) is 19.5 Å². The van der Waals surface area contributed by atoms with Crippen LogP contribution in [0.15, 0.2) is 24.3 Å². The standard InChI is InChI=1S/C16H26N2O/c1-3-16(13-7-9-15(19)10-8-13)18(2)12-14-6-4-5-11-17-14/h7-10,14,16-17,19H,3-6,11-12H2,1-2H3. The Morgan fingerprint density at radius 1 is 1.32 bits per heavy atom. The van der Waals surface area contributed by atoms with Gasteiger partial charge in [0.15, 0.2) is 0 Å². The third-order valence-electron chi connectivity index (χ3n) is 4.12. The lowest BCUT2D eigenvalue weighted by Crippen LogP contribution is -2.43. The van der Waals surface area contributed by atoms with Crippen LogP contribution in [0.4, 0.5) is 0 Å². The van der Waals surface area contributed by atoms with Crippen molar-refractivity contribution in [3.63, 3.8) is 0 Å². The van der Waals surface area contributed by atoms with E-state index in [4.69, 9.17) is 0 Å². The molecule has 2 rings (SSSR count). The minimum atomic E-state index is 0.343. The fraction of sp³-hybridized carbons (Fsp3) is 0.625. The van der Waals surface area contributed by atoms with E-state index in [1.54, 1.807) is 12.1 Å². The minimum absolute atomic E-state index is 0.343. The number of phenols is 1. The van der Waals surface area contributed by atoms with Crippen molar-refractivity contribution >= 4 is 0 Å². The summed E-state index contributed by atoms with van der Waals surface area (Å²) in [4.78, 5) is 2.44. The largest absolute Gasteiger partial charge is 0.508 e. The molecule has 0 aromatic heterocycles. The first-order chi connectivity index (χ1) is 9.20. The van der Waals surface area contributed by atoms with Crippen molar-refractivity contribution < 1.29 is 5.11 Å². The molecule has 2 atom stereocenters. The number of hydrogen-bond donors (Lipinski definition) is 2. The van der Waals surface area contributed by atoms with Gasteiger partial charge in [0.25, 0.3) is 0 Å². The van der Waals surface area contributed by atoms with Crippen molar-refractivity contribution in [1.29, 1.82) is 0 Å². The summed E-state index contributed by atoms with van der Waals surface area (Å²) in [5.41, 5.74) is 1.29. The molecular weight excluding hydrogens is 236 g/mol. The Balaban J connectivity index is 1.97. The van der Waals surface area contributed by atoms with E-state index in [-0.39, 0.29) is 0 Å². The highest BCUT2D eigenvalue weighted by molar-refractivity contribution is 5.28. The van der Waals surface area contributed by atoms with Crippen molar-refractivity contribution in [1.82, 2.24) is 10.2 Å².